The Labute approximate surface area is 157 Å². The average molecular weight is 369 g/mol. The van der Waals surface area contributed by atoms with Crippen molar-refractivity contribution in [2.75, 3.05) is 46.5 Å². The zero-order valence-electron chi connectivity index (χ0n) is 16.2. The molecule has 150 valence electrons. The summed E-state index contributed by atoms with van der Waals surface area (Å²) in [7, 11) is 1.50. The third-order valence-electron chi connectivity index (χ3n) is 7.07. The van der Waals surface area contributed by atoms with Crippen LogP contribution in [0.2, 0.25) is 0 Å². The third kappa shape index (κ3) is 4.58. The lowest BCUT2D eigenvalue weighted by Crippen LogP contribution is -2.58. The van der Waals surface area contributed by atoms with Crippen molar-refractivity contribution in [3.05, 3.63) is 0 Å². The van der Waals surface area contributed by atoms with Gasteiger partial charge in [-0.2, -0.15) is 0 Å². The first kappa shape index (κ1) is 20.1. The Bertz CT molecular complexity index is 445. The van der Waals surface area contributed by atoms with Crippen LogP contribution >= 0.6 is 0 Å². The number of esters is 1. The molecule has 6 heteroatoms. The molecule has 3 aliphatic rings. The first-order valence-corrected chi connectivity index (χ1v) is 10.4. The highest BCUT2D eigenvalue weighted by atomic mass is 16.5. The Hall–Kier alpha value is -0.690. The van der Waals surface area contributed by atoms with Gasteiger partial charge in [0.1, 0.15) is 0 Å². The molecule has 3 unspecified atom stereocenters. The summed E-state index contributed by atoms with van der Waals surface area (Å²) in [6, 6.07) is 0.902. The van der Waals surface area contributed by atoms with E-state index in [-0.39, 0.29) is 11.9 Å². The topological polar surface area (TPSA) is 73.2 Å². The lowest BCUT2D eigenvalue weighted by Gasteiger charge is -2.49. The zero-order valence-corrected chi connectivity index (χ0v) is 16.2. The maximum Gasteiger partial charge on any atom is 0.308 e. The summed E-state index contributed by atoms with van der Waals surface area (Å²) in [5, 5.41) is 18.8. The van der Waals surface area contributed by atoms with E-state index in [0.717, 1.165) is 71.1 Å². The molecule has 0 aromatic rings. The van der Waals surface area contributed by atoms with Crippen LogP contribution in [0, 0.1) is 17.8 Å². The van der Waals surface area contributed by atoms with Gasteiger partial charge in [-0.1, -0.05) is 0 Å². The van der Waals surface area contributed by atoms with Crippen LogP contribution < -0.4 is 0 Å². The fourth-order valence-electron chi connectivity index (χ4n) is 5.26. The highest BCUT2D eigenvalue weighted by Crippen LogP contribution is 2.35. The number of hydrogen-bond acceptors (Lipinski definition) is 6. The number of piperidine rings is 2. The standard InChI is InChI=1S/C20H36N2O4/c1-26-20(25)17-2-3-18(21-8-4-15(13-23)5-9-21)19(12-17)22-10-6-16(14-24)7-11-22/h15-19,23-24H,2-14H2,1H3. The molecule has 1 aliphatic carbocycles. The minimum atomic E-state index is -0.0577. The molecule has 0 aromatic carbocycles. The number of aliphatic hydroxyl groups excluding tert-OH is 2. The smallest absolute Gasteiger partial charge is 0.308 e. The quantitative estimate of drug-likeness (QED) is 0.708. The maximum atomic E-state index is 12.1. The summed E-state index contributed by atoms with van der Waals surface area (Å²) in [6.45, 7) is 4.76. The number of hydrogen-bond donors (Lipinski definition) is 2. The molecule has 0 amide bonds. The second kappa shape index (κ2) is 9.49. The summed E-state index contributed by atoms with van der Waals surface area (Å²) in [4.78, 5) is 17.3. The van der Waals surface area contributed by atoms with Gasteiger partial charge in [-0.25, -0.2) is 0 Å². The van der Waals surface area contributed by atoms with Crippen molar-refractivity contribution in [2.24, 2.45) is 17.8 Å². The molecule has 0 aromatic heterocycles. The van der Waals surface area contributed by atoms with Gasteiger partial charge in [-0.05, 0) is 83.0 Å². The van der Waals surface area contributed by atoms with Gasteiger partial charge < -0.3 is 14.9 Å². The first-order chi connectivity index (χ1) is 12.7. The van der Waals surface area contributed by atoms with Crippen LogP contribution in [0.5, 0.6) is 0 Å². The molecule has 0 spiro atoms. The van der Waals surface area contributed by atoms with Gasteiger partial charge in [0, 0.05) is 25.3 Å². The molecule has 26 heavy (non-hydrogen) atoms. The largest absolute Gasteiger partial charge is 0.469 e. The summed E-state index contributed by atoms with van der Waals surface area (Å²) in [6.07, 6.45) is 7.11. The average Bonchev–Trinajstić information content (AvgIpc) is 2.73. The minimum Gasteiger partial charge on any atom is -0.469 e. The third-order valence-corrected chi connectivity index (χ3v) is 7.07. The van der Waals surface area contributed by atoms with Crippen molar-refractivity contribution in [1.29, 1.82) is 0 Å². The number of nitrogens with zero attached hydrogens (tertiary/aromatic N) is 2. The first-order valence-electron chi connectivity index (χ1n) is 10.4. The molecular formula is C20H36N2O4. The van der Waals surface area contributed by atoms with E-state index in [4.69, 9.17) is 4.74 Å². The van der Waals surface area contributed by atoms with Crippen LogP contribution in [0.3, 0.4) is 0 Å². The second-order valence-corrected chi connectivity index (χ2v) is 8.49. The molecule has 2 N–H and O–H groups in total. The van der Waals surface area contributed by atoms with Gasteiger partial charge in [0.15, 0.2) is 0 Å². The monoisotopic (exact) mass is 368 g/mol. The van der Waals surface area contributed by atoms with E-state index in [1.807, 2.05) is 0 Å². The van der Waals surface area contributed by atoms with E-state index in [1.54, 1.807) is 0 Å². The number of likely N-dealkylation sites (tertiary alicyclic amines) is 2. The van der Waals surface area contributed by atoms with E-state index >= 15 is 0 Å². The molecule has 3 rings (SSSR count). The van der Waals surface area contributed by atoms with Crippen molar-refractivity contribution >= 4 is 5.97 Å². The van der Waals surface area contributed by atoms with Crippen molar-refractivity contribution in [1.82, 2.24) is 9.80 Å². The Morgan fingerprint density at radius 3 is 1.81 bits per heavy atom. The number of rotatable bonds is 5. The summed E-state index contributed by atoms with van der Waals surface area (Å²) in [5.41, 5.74) is 0. The van der Waals surface area contributed by atoms with E-state index in [2.05, 4.69) is 9.80 Å². The predicted molar refractivity (Wildman–Crippen MR) is 99.7 cm³/mol. The van der Waals surface area contributed by atoms with Crippen molar-refractivity contribution in [2.45, 2.75) is 57.0 Å². The Morgan fingerprint density at radius 1 is 0.846 bits per heavy atom. The normalized spacial score (nSPS) is 33.3. The number of ether oxygens (including phenoxy) is 1. The second-order valence-electron chi connectivity index (χ2n) is 8.49. The molecule has 3 atom stereocenters. The van der Waals surface area contributed by atoms with Crippen LogP contribution in [0.4, 0.5) is 0 Å². The van der Waals surface area contributed by atoms with Crippen LogP contribution in [0.25, 0.3) is 0 Å². The van der Waals surface area contributed by atoms with Gasteiger partial charge >= 0.3 is 5.97 Å². The Balaban J connectivity index is 1.67. The van der Waals surface area contributed by atoms with Crippen LogP contribution in [0.15, 0.2) is 0 Å². The highest BCUT2D eigenvalue weighted by molar-refractivity contribution is 5.72. The highest BCUT2D eigenvalue weighted by Gasteiger charge is 2.41. The van der Waals surface area contributed by atoms with Gasteiger partial charge in [0.25, 0.3) is 0 Å². The molecule has 0 radical (unpaired) electrons. The molecular weight excluding hydrogens is 332 g/mol. The molecule has 6 nitrogen and oxygen atoms in total. The van der Waals surface area contributed by atoms with Crippen molar-refractivity contribution in [3.8, 4) is 0 Å². The van der Waals surface area contributed by atoms with Gasteiger partial charge in [0.05, 0.1) is 13.0 Å². The van der Waals surface area contributed by atoms with E-state index in [0.29, 0.717) is 37.1 Å². The molecule has 0 bridgehead atoms. The summed E-state index contributed by atoms with van der Waals surface area (Å²) >= 11 is 0. The van der Waals surface area contributed by atoms with Gasteiger partial charge in [-0.15, -0.1) is 0 Å². The van der Waals surface area contributed by atoms with E-state index < -0.39 is 0 Å². The number of aliphatic hydroxyl groups is 2. The van der Waals surface area contributed by atoms with Gasteiger partial charge in [0.2, 0.25) is 0 Å². The zero-order chi connectivity index (χ0) is 18.5. The predicted octanol–water partition coefficient (Wildman–Crippen LogP) is 1.11. The fraction of sp³-hybridized carbons (Fsp3) is 0.950. The van der Waals surface area contributed by atoms with E-state index in [9.17, 15) is 15.0 Å². The van der Waals surface area contributed by atoms with Crippen LogP contribution in [0.1, 0.15) is 44.9 Å². The SMILES string of the molecule is COC(=O)C1CCC(N2CCC(CO)CC2)C(N2CCC(CO)CC2)C1. The Morgan fingerprint density at radius 2 is 1.35 bits per heavy atom. The lowest BCUT2D eigenvalue weighted by atomic mass is 9.79. The van der Waals surface area contributed by atoms with E-state index in [1.165, 1.54) is 7.11 Å². The molecule has 2 heterocycles. The number of carbonyl (C=O) groups is 1. The summed E-state index contributed by atoms with van der Waals surface area (Å²) in [5.74, 6) is 0.853. The maximum absolute atomic E-state index is 12.1. The fourth-order valence-corrected chi connectivity index (χ4v) is 5.26. The van der Waals surface area contributed by atoms with Gasteiger partial charge in [-0.3, -0.25) is 14.6 Å². The van der Waals surface area contributed by atoms with Crippen molar-refractivity contribution in [3.63, 3.8) is 0 Å². The molecule has 2 aliphatic heterocycles. The summed E-state index contributed by atoms with van der Waals surface area (Å²) < 4.78 is 5.04. The van der Waals surface area contributed by atoms with Crippen molar-refractivity contribution < 1.29 is 19.7 Å². The van der Waals surface area contributed by atoms with Crippen LogP contribution in [-0.2, 0) is 9.53 Å². The molecule has 3 fully saturated rings. The molecule has 1 saturated carbocycles. The molecule has 2 saturated heterocycles. The number of carbonyl (C=O) groups excluding carboxylic acids is 1. The minimum absolute atomic E-state index is 0.0202. The lowest BCUT2D eigenvalue weighted by molar-refractivity contribution is -0.148. The Kier molecular flexibility index (Phi) is 7.32. The van der Waals surface area contributed by atoms with Crippen LogP contribution in [-0.4, -0.2) is 84.6 Å². The number of methoxy groups -OCH3 is 1.